The quantitative estimate of drug-likeness (QED) is 0.891. The molecule has 1 heterocycles. The van der Waals surface area contributed by atoms with Crippen LogP contribution < -0.4 is 10.1 Å². The highest BCUT2D eigenvalue weighted by molar-refractivity contribution is 5.31. The van der Waals surface area contributed by atoms with Crippen molar-refractivity contribution in [2.75, 3.05) is 12.4 Å². The predicted molar refractivity (Wildman–Crippen MR) is 54.8 cm³/mol. The lowest BCUT2D eigenvalue weighted by atomic mass is 9.96. The Kier molecular flexibility index (Phi) is 3.08. The molecule has 0 spiro atoms. The Morgan fingerprint density at radius 3 is 2.53 bits per heavy atom. The number of nitrogens with one attached hydrogen (secondary N) is 1. The summed E-state index contributed by atoms with van der Waals surface area (Å²) in [6, 6.07) is 0.832. The van der Waals surface area contributed by atoms with Crippen LogP contribution in [0.1, 0.15) is 25.0 Å². The van der Waals surface area contributed by atoms with Crippen molar-refractivity contribution in [3.63, 3.8) is 0 Å². The normalized spacial score (nSPS) is 16.5. The highest BCUT2D eigenvalue weighted by Gasteiger charge is 2.34. The summed E-state index contributed by atoms with van der Waals surface area (Å²) in [4.78, 5) is 7.19. The number of anilines is 1. The van der Waals surface area contributed by atoms with Crippen LogP contribution in [0.25, 0.3) is 0 Å². The third-order valence-corrected chi connectivity index (χ3v) is 2.56. The SMILES string of the molecule is CNc1nc(OC2CCC2)cc(C(F)(F)F)n1. The van der Waals surface area contributed by atoms with Crippen molar-refractivity contribution in [1.29, 1.82) is 0 Å². The average molecular weight is 247 g/mol. The summed E-state index contributed by atoms with van der Waals surface area (Å²) >= 11 is 0. The lowest BCUT2D eigenvalue weighted by Gasteiger charge is -2.26. The van der Waals surface area contributed by atoms with Crippen LogP contribution in [0.2, 0.25) is 0 Å². The fraction of sp³-hybridized carbons (Fsp3) is 0.600. The van der Waals surface area contributed by atoms with Gasteiger partial charge in [0.15, 0.2) is 5.69 Å². The van der Waals surface area contributed by atoms with Crippen molar-refractivity contribution in [2.45, 2.75) is 31.5 Å². The van der Waals surface area contributed by atoms with Gasteiger partial charge in [0.25, 0.3) is 0 Å². The van der Waals surface area contributed by atoms with Gasteiger partial charge >= 0.3 is 6.18 Å². The third-order valence-electron chi connectivity index (χ3n) is 2.56. The van der Waals surface area contributed by atoms with Gasteiger partial charge in [0.2, 0.25) is 11.8 Å². The summed E-state index contributed by atoms with van der Waals surface area (Å²) in [5, 5.41) is 2.49. The van der Waals surface area contributed by atoms with Gasteiger partial charge in [-0.3, -0.25) is 0 Å². The first kappa shape index (κ1) is 11.9. The molecule has 7 heteroatoms. The highest BCUT2D eigenvalue weighted by Crippen LogP contribution is 2.31. The fourth-order valence-corrected chi connectivity index (χ4v) is 1.40. The monoisotopic (exact) mass is 247 g/mol. The summed E-state index contributed by atoms with van der Waals surface area (Å²) in [6.45, 7) is 0. The molecular formula is C10H12F3N3O. The molecule has 1 saturated carbocycles. The number of aromatic nitrogens is 2. The van der Waals surface area contributed by atoms with Crippen LogP contribution in [0.4, 0.5) is 19.1 Å². The lowest BCUT2D eigenvalue weighted by molar-refractivity contribution is -0.141. The Bertz CT molecular complexity index is 404. The molecule has 0 radical (unpaired) electrons. The Morgan fingerprint density at radius 1 is 1.35 bits per heavy atom. The Hall–Kier alpha value is -1.53. The number of hydrogen-bond donors (Lipinski definition) is 1. The van der Waals surface area contributed by atoms with E-state index in [0.29, 0.717) is 0 Å². The molecule has 17 heavy (non-hydrogen) atoms. The average Bonchev–Trinajstić information content (AvgIpc) is 2.22. The number of halogens is 3. The standard InChI is InChI=1S/C10H12F3N3O/c1-14-9-15-7(10(11,12)13)5-8(16-9)17-6-3-2-4-6/h5-6H,2-4H2,1H3,(H,14,15,16). The number of hydrogen-bond acceptors (Lipinski definition) is 4. The number of nitrogens with zero attached hydrogens (tertiary/aromatic N) is 2. The van der Waals surface area contributed by atoms with Crippen LogP contribution in [0.3, 0.4) is 0 Å². The minimum Gasteiger partial charge on any atom is -0.474 e. The summed E-state index contributed by atoms with van der Waals surface area (Å²) in [5.74, 6) is -0.115. The molecule has 1 fully saturated rings. The van der Waals surface area contributed by atoms with Crippen molar-refractivity contribution in [1.82, 2.24) is 9.97 Å². The molecule has 0 atom stereocenters. The van der Waals surface area contributed by atoms with Gasteiger partial charge in [-0.1, -0.05) is 0 Å². The third kappa shape index (κ3) is 2.78. The fourth-order valence-electron chi connectivity index (χ4n) is 1.40. The first-order valence-corrected chi connectivity index (χ1v) is 5.30. The van der Waals surface area contributed by atoms with Crippen LogP contribution >= 0.6 is 0 Å². The van der Waals surface area contributed by atoms with Gasteiger partial charge in [0.1, 0.15) is 6.10 Å². The van der Waals surface area contributed by atoms with Crippen molar-refractivity contribution in [3.8, 4) is 5.88 Å². The molecule has 1 aromatic rings. The van der Waals surface area contributed by atoms with Crippen LogP contribution in [-0.2, 0) is 6.18 Å². The largest absolute Gasteiger partial charge is 0.474 e. The maximum absolute atomic E-state index is 12.5. The Morgan fingerprint density at radius 2 is 2.06 bits per heavy atom. The van der Waals surface area contributed by atoms with Crippen molar-refractivity contribution < 1.29 is 17.9 Å². The van der Waals surface area contributed by atoms with E-state index in [0.717, 1.165) is 25.3 Å². The van der Waals surface area contributed by atoms with E-state index < -0.39 is 11.9 Å². The van der Waals surface area contributed by atoms with Crippen LogP contribution in [0.15, 0.2) is 6.07 Å². The zero-order chi connectivity index (χ0) is 12.5. The summed E-state index contributed by atoms with van der Waals surface area (Å²) in [5.41, 5.74) is -0.994. The molecule has 0 amide bonds. The van der Waals surface area contributed by atoms with E-state index in [1.165, 1.54) is 7.05 Å². The molecule has 94 valence electrons. The molecule has 1 aliphatic rings. The van der Waals surface area contributed by atoms with E-state index in [1.54, 1.807) is 0 Å². The van der Waals surface area contributed by atoms with Crippen molar-refractivity contribution >= 4 is 5.95 Å². The molecule has 1 aliphatic carbocycles. The van der Waals surface area contributed by atoms with Gasteiger partial charge in [-0.2, -0.15) is 18.2 Å². The highest BCUT2D eigenvalue weighted by atomic mass is 19.4. The maximum Gasteiger partial charge on any atom is 0.433 e. The smallest absolute Gasteiger partial charge is 0.433 e. The molecular weight excluding hydrogens is 235 g/mol. The summed E-state index contributed by atoms with van der Waals surface area (Å²) in [7, 11) is 1.46. The second-order valence-corrected chi connectivity index (χ2v) is 3.83. The number of rotatable bonds is 3. The van der Waals surface area contributed by atoms with E-state index in [9.17, 15) is 13.2 Å². The Balaban J connectivity index is 2.24. The first-order valence-electron chi connectivity index (χ1n) is 5.30. The van der Waals surface area contributed by atoms with Crippen LogP contribution in [-0.4, -0.2) is 23.1 Å². The lowest BCUT2D eigenvalue weighted by Crippen LogP contribution is -2.25. The second kappa shape index (κ2) is 4.38. The van der Waals surface area contributed by atoms with E-state index in [4.69, 9.17) is 4.74 Å². The van der Waals surface area contributed by atoms with Gasteiger partial charge < -0.3 is 10.1 Å². The second-order valence-electron chi connectivity index (χ2n) is 3.83. The zero-order valence-electron chi connectivity index (χ0n) is 9.21. The van der Waals surface area contributed by atoms with E-state index in [2.05, 4.69) is 15.3 Å². The van der Waals surface area contributed by atoms with Gasteiger partial charge in [-0.05, 0) is 19.3 Å². The van der Waals surface area contributed by atoms with Crippen molar-refractivity contribution in [2.24, 2.45) is 0 Å². The predicted octanol–water partition coefficient (Wildman–Crippen LogP) is 2.47. The Labute approximate surface area is 96.2 Å². The maximum atomic E-state index is 12.5. The molecule has 2 rings (SSSR count). The van der Waals surface area contributed by atoms with E-state index in [-0.39, 0.29) is 17.9 Å². The minimum absolute atomic E-state index is 0.0179. The van der Waals surface area contributed by atoms with Crippen molar-refractivity contribution in [3.05, 3.63) is 11.8 Å². The number of ether oxygens (including phenoxy) is 1. The first-order chi connectivity index (χ1) is 7.99. The number of alkyl halides is 3. The molecule has 1 N–H and O–H groups in total. The molecule has 1 aromatic heterocycles. The topological polar surface area (TPSA) is 47.0 Å². The molecule has 0 bridgehead atoms. The van der Waals surface area contributed by atoms with Gasteiger partial charge in [0, 0.05) is 13.1 Å². The van der Waals surface area contributed by atoms with Gasteiger partial charge in [0.05, 0.1) is 0 Å². The molecule has 0 aromatic carbocycles. The van der Waals surface area contributed by atoms with Gasteiger partial charge in [-0.25, -0.2) is 4.98 Å². The zero-order valence-corrected chi connectivity index (χ0v) is 9.21. The van der Waals surface area contributed by atoms with Crippen LogP contribution in [0.5, 0.6) is 5.88 Å². The molecule has 4 nitrogen and oxygen atoms in total. The molecule has 0 saturated heterocycles. The molecule has 0 aliphatic heterocycles. The minimum atomic E-state index is -4.49. The van der Waals surface area contributed by atoms with Gasteiger partial charge in [-0.15, -0.1) is 0 Å². The van der Waals surface area contributed by atoms with E-state index in [1.807, 2.05) is 0 Å². The summed E-state index contributed by atoms with van der Waals surface area (Å²) in [6.07, 6.45) is -1.75. The van der Waals surface area contributed by atoms with Crippen LogP contribution in [0, 0.1) is 0 Å². The van der Waals surface area contributed by atoms with E-state index >= 15 is 0 Å². The summed E-state index contributed by atoms with van der Waals surface area (Å²) < 4.78 is 43.0. The molecule has 0 unspecified atom stereocenters.